The summed E-state index contributed by atoms with van der Waals surface area (Å²) in [7, 11) is 0. The number of esters is 1. The lowest BCUT2D eigenvalue weighted by Gasteiger charge is -2.15. The molecule has 1 atom stereocenters. The van der Waals surface area contributed by atoms with Crippen LogP contribution in [0.5, 0.6) is 5.75 Å². The van der Waals surface area contributed by atoms with Gasteiger partial charge in [-0.3, -0.25) is 4.79 Å². The largest absolute Gasteiger partial charge is 0.481 e. The maximum Gasteiger partial charge on any atom is 0.341 e. The Morgan fingerprint density at radius 2 is 1.86 bits per heavy atom. The number of thiophene rings is 1. The van der Waals surface area contributed by atoms with Gasteiger partial charge in [-0.15, -0.1) is 11.3 Å². The third-order valence-corrected chi connectivity index (χ3v) is 6.07. The van der Waals surface area contributed by atoms with Crippen LogP contribution in [0.1, 0.15) is 66.4 Å². The molecule has 0 saturated carbocycles. The first-order valence-electron chi connectivity index (χ1n) is 9.79. The Morgan fingerprint density at radius 1 is 1.14 bits per heavy atom. The quantitative estimate of drug-likeness (QED) is 0.667. The van der Waals surface area contributed by atoms with Crippen molar-refractivity contribution in [2.75, 3.05) is 11.9 Å². The van der Waals surface area contributed by atoms with E-state index in [1.807, 2.05) is 24.3 Å². The lowest BCUT2D eigenvalue weighted by atomic mass is 10.0. The number of ether oxygens (including phenoxy) is 2. The van der Waals surface area contributed by atoms with Crippen LogP contribution in [0.4, 0.5) is 5.00 Å². The molecule has 0 radical (unpaired) electrons. The van der Waals surface area contributed by atoms with Gasteiger partial charge in [-0.05, 0) is 62.3 Å². The number of carbonyl (C=O) groups is 2. The highest BCUT2D eigenvalue weighted by atomic mass is 32.1. The summed E-state index contributed by atoms with van der Waals surface area (Å²) in [4.78, 5) is 26.3. The first kappa shape index (κ1) is 20.4. The van der Waals surface area contributed by atoms with Gasteiger partial charge in [0.05, 0.1) is 12.2 Å². The average Bonchev–Trinajstić information content (AvgIpc) is 3.22. The molecule has 0 saturated heterocycles. The van der Waals surface area contributed by atoms with Gasteiger partial charge in [-0.2, -0.15) is 0 Å². The molecule has 1 amide bonds. The van der Waals surface area contributed by atoms with E-state index in [4.69, 9.17) is 9.47 Å². The second-order valence-electron chi connectivity index (χ2n) is 7.26. The van der Waals surface area contributed by atoms with Crippen LogP contribution in [0, 0.1) is 0 Å². The van der Waals surface area contributed by atoms with Crippen LogP contribution in [0.25, 0.3) is 0 Å². The van der Waals surface area contributed by atoms with Crippen LogP contribution in [-0.2, 0) is 22.4 Å². The number of aryl methyl sites for hydroxylation is 1. The minimum atomic E-state index is -0.683. The molecule has 0 fully saturated rings. The van der Waals surface area contributed by atoms with E-state index >= 15 is 0 Å². The highest BCUT2D eigenvalue weighted by molar-refractivity contribution is 7.17. The summed E-state index contributed by atoms with van der Waals surface area (Å²) < 4.78 is 11.0. The lowest BCUT2D eigenvalue weighted by molar-refractivity contribution is -0.122. The van der Waals surface area contributed by atoms with Crippen LogP contribution in [0.15, 0.2) is 24.3 Å². The summed E-state index contributed by atoms with van der Waals surface area (Å²) in [6.45, 7) is 8.06. The molecule has 6 heteroatoms. The first-order chi connectivity index (χ1) is 13.4. The van der Waals surface area contributed by atoms with E-state index < -0.39 is 6.10 Å². The number of hydrogen-bond acceptors (Lipinski definition) is 5. The molecular weight excluding hydrogens is 374 g/mol. The van der Waals surface area contributed by atoms with Crippen molar-refractivity contribution < 1.29 is 19.1 Å². The Morgan fingerprint density at radius 3 is 2.50 bits per heavy atom. The molecule has 0 spiro atoms. The SMILES string of the molecule is CCOC(=O)c1c(NC(=O)[C@H](C)Oc2ccc(C(C)C)cc2)sc2c1CCC2. The molecule has 1 aliphatic carbocycles. The number of hydrogen-bond donors (Lipinski definition) is 1. The maximum absolute atomic E-state index is 12.7. The average molecular weight is 402 g/mol. The van der Waals surface area contributed by atoms with Crippen molar-refractivity contribution in [2.24, 2.45) is 0 Å². The Hall–Kier alpha value is -2.34. The molecule has 0 aliphatic heterocycles. The van der Waals surface area contributed by atoms with Crippen molar-refractivity contribution in [1.29, 1.82) is 0 Å². The summed E-state index contributed by atoms with van der Waals surface area (Å²) in [6.07, 6.45) is 2.14. The van der Waals surface area contributed by atoms with E-state index in [0.717, 1.165) is 29.7 Å². The van der Waals surface area contributed by atoms with Crippen molar-refractivity contribution in [3.05, 3.63) is 45.8 Å². The highest BCUT2D eigenvalue weighted by Crippen LogP contribution is 2.39. The van der Waals surface area contributed by atoms with E-state index in [1.54, 1.807) is 13.8 Å². The van der Waals surface area contributed by atoms with E-state index in [9.17, 15) is 9.59 Å². The monoisotopic (exact) mass is 401 g/mol. The molecule has 1 aromatic carbocycles. The molecule has 1 heterocycles. The summed E-state index contributed by atoms with van der Waals surface area (Å²) in [6, 6.07) is 7.77. The number of rotatable bonds is 7. The van der Waals surface area contributed by atoms with Gasteiger partial charge in [0.1, 0.15) is 10.8 Å². The molecule has 5 nitrogen and oxygen atoms in total. The minimum Gasteiger partial charge on any atom is -0.481 e. The number of benzene rings is 1. The van der Waals surface area contributed by atoms with Crippen molar-refractivity contribution in [2.45, 2.75) is 59.0 Å². The minimum absolute atomic E-state index is 0.279. The first-order valence-corrected chi connectivity index (χ1v) is 10.6. The number of nitrogens with one attached hydrogen (secondary N) is 1. The van der Waals surface area contributed by atoms with Gasteiger partial charge in [-0.1, -0.05) is 26.0 Å². The zero-order valence-corrected chi connectivity index (χ0v) is 17.7. The van der Waals surface area contributed by atoms with E-state index in [2.05, 4.69) is 19.2 Å². The highest BCUT2D eigenvalue weighted by Gasteiger charge is 2.29. The second-order valence-corrected chi connectivity index (χ2v) is 8.36. The molecule has 0 unspecified atom stereocenters. The Bertz CT molecular complexity index is 854. The van der Waals surface area contributed by atoms with Gasteiger partial charge in [0.15, 0.2) is 6.10 Å². The van der Waals surface area contributed by atoms with Gasteiger partial charge < -0.3 is 14.8 Å². The van der Waals surface area contributed by atoms with E-state index in [0.29, 0.717) is 28.8 Å². The number of amides is 1. The fraction of sp³-hybridized carbons (Fsp3) is 0.455. The van der Waals surface area contributed by atoms with E-state index in [1.165, 1.54) is 16.9 Å². The van der Waals surface area contributed by atoms with Gasteiger partial charge in [-0.25, -0.2) is 4.79 Å². The summed E-state index contributed by atoms with van der Waals surface area (Å²) in [5, 5.41) is 3.45. The predicted octanol–water partition coefficient (Wildman–Crippen LogP) is 4.94. The standard InChI is InChI=1S/C22H27NO4S/c1-5-26-22(25)19-17-7-6-8-18(17)28-21(19)23-20(24)14(4)27-16-11-9-15(10-12-16)13(2)3/h9-14H,5-8H2,1-4H3,(H,23,24)/t14-/m0/s1. The third kappa shape index (κ3) is 4.38. The fourth-order valence-electron chi connectivity index (χ4n) is 3.31. The third-order valence-electron chi connectivity index (χ3n) is 4.87. The van der Waals surface area contributed by atoms with Crippen LogP contribution < -0.4 is 10.1 Å². The molecule has 28 heavy (non-hydrogen) atoms. The fourth-order valence-corrected chi connectivity index (χ4v) is 4.59. The Labute approximate surface area is 170 Å². The lowest BCUT2D eigenvalue weighted by Crippen LogP contribution is -2.30. The number of anilines is 1. The molecule has 1 N–H and O–H groups in total. The summed E-state index contributed by atoms with van der Waals surface area (Å²) >= 11 is 1.47. The Balaban J connectivity index is 1.71. The summed E-state index contributed by atoms with van der Waals surface area (Å²) in [5.74, 6) is 0.441. The topological polar surface area (TPSA) is 64.6 Å². The Kier molecular flexibility index (Phi) is 6.39. The second kappa shape index (κ2) is 8.78. The predicted molar refractivity (Wildman–Crippen MR) is 112 cm³/mol. The molecule has 150 valence electrons. The molecular formula is C22H27NO4S. The molecule has 2 aromatic rings. The smallest absolute Gasteiger partial charge is 0.341 e. The van der Waals surface area contributed by atoms with Crippen molar-refractivity contribution in [1.82, 2.24) is 0 Å². The van der Waals surface area contributed by atoms with Gasteiger partial charge >= 0.3 is 5.97 Å². The van der Waals surface area contributed by atoms with Gasteiger partial charge in [0, 0.05) is 4.88 Å². The van der Waals surface area contributed by atoms with Crippen LogP contribution in [-0.4, -0.2) is 24.6 Å². The van der Waals surface area contributed by atoms with E-state index in [-0.39, 0.29) is 11.9 Å². The van der Waals surface area contributed by atoms with Crippen molar-refractivity contribution in [3.63, 3.8) is 0 Å². The number of fused-ring (bicyclic) bond motifs is 1. The maximum atomic E-state index is 12.7. The van der Waals surface area contributed by atoms with Crippen LogP contribution in [0.3, 0.4) is 0 Å². The van der Waals surface area contributed by atoms with Crippen molar-refractivity contribution >= 4 is 28.2 Å². The molecule has 3 rings (SSSR count). The summed E-state index contributed by atoms with van der Waals surface area (Å²) in [5.41, 5.74) is 2.76. The molecule has 1 aliphatic rings. The number of carbonyl (C=O) groups excluding carboxylic acids is 2. The van der Waals surface area contributed by atoms with Crippen molar-refractivity contribution in [3.8, 4) is 5.75 Å². The van der Waals surface area contributed by atoms with Crippen LogP contribution >= 0.6 is 11.3 Å². The zero-order chi connectivity index (χ0) is 20.3. The molecule has 0 bridgehead atoms. The van der Waals surface area contributed by atoms with Gasteiger partial charge in [0.25, 0.3) is 5.91 Å². The molecule has 1 aromatic heterocycles. The van der Waals surface area contributed by atoms with Gasteiger partial charge in [0.2, 0.25) is 0 Å². The van der Waals surface area contributed by atoms with Crippen LogP contribution in [0.2, 0.25) is 0 Å². The zero-order valence-electron chi connectivity index (χ0n) is 16.8. The normalized spacial score (nSPS) is 13.9.